The molecule has 2 rings (SSSR count). The Balaban J connectivity index is 2.29. The summed E-state index contributed by atoms with van der Waals surface area (Å²) in [5.74, 6) is 0.670. The van der Waals surface area contributed by atoms with E-state index in [0.717, 1.165) is 16.6 Å². The first kappa shape index (κ1) is 12.1. The Morgan fingerprint density at radius 2 is 2.06 bits per heavy atom. The quantitative estimate of drug-likeness (QED) is 0.890. The van der Waals surface area contributed by atoms with Crippen LogP contribution >= 0.6 is 15.9 Å². The van der Waals surface area contributed by atoms with Crippen LogP contribution in [0.4, 0.5) is 0 Å². The molecule has 1 aromatic heterocycles. The molecule has 0 aliphatic carbocycles. The lowest BCUT2D eigenvalue weighted by molar-refractivity contribution is 0.762. The molecule has 17 heavy (non-hydrogen) atoms. The second-order valence-corrected chi connectivity index (χ2v) is 4.57. The maximum Gasteiger partial charge on any atom is 0.348 e. The number of benzene rings is 1. The minimum atomic E-state index is -0.223. The fraction of sp³-hybridized carbons (Fsp3) is 0.273. The number of nitrogens with two attached hydrogens (primary N) is 1. The highest BCUT2D eigenvalue weighted by Gasteiger charge is 2.06. The average Bonchev–Trinajstić information content (AvgIpc) is 2.69. The molecule has 0 atom stereocenters. The number of nitrogens with zero attached hydrogens (tertiary/aromatic N) is 2. The number of rotatable bonds is 4. The molecular weight excluding hydrogens is 284 g/mol. The zero-order valence-electron chi connectivity index (χ0n) is 9.19. The second kappa shape index (κ2) is 5.29. The molecule has 1 heterocycles. The first-order valence-electron chi connectivity index (χ1n) is 5.35. The summed E-state index contributed by atoms with van der Waals surface area (Å²) >= 11 is 3.35. The summed E-state index contributed by atoms with van der Waals surface area (Å²) < 4.78 is 2.33. The highest BCUT2D eigenvalue weighted by molar-refractivity contribution is 9.10. The molecule has 0 spiro atoms. The molecule has 90 valence electrons. The molecule has 0 aliphatic rings. The highest BCUT2D eigenvalue weighted by Crippen LogP contribution is 2.12. The van der Waals surface area contributed by atoms with Crippen LogP contribution < -0.4 is 11.4 Å². The van der Waals surface area contributed by atoms with Gasteiger partial charge in [-0.3, -0.25) is 4.98 Å². The number of hydrogen-bond acceptors (Lipinski definition) is 3. The summed E-state index contributed by atoms with van der Waals surface area (Å²) in [6.45, 7) is 0.590. The van der Waals surface area contributed by atoms with Crippen LogP contribution in [0.5, 0.6) is 0 Å². The van der Waals surface area contributed by atoms with Crippen molar-refractivity contribution in [3.05, 3.63) is 45.0 Å². The smallest absolute Gasteiger partial charge is 0.330 e. The number of hydrogen-bond donors (Lipinski definition) is 2. The average molecular weight is 297 g/mol. The van der Waals surface area contributed by atoms with E-state index >= 15 is 0 Å². The number of aryl methyl sites for hydroxylation is 1. The van der Waals surface area contributed by atoms with Crippen molar-refractivity contribution < 1.29 is 0 Å². The molecule has 0 unspecified atom stereocenters. The number of aromatic amines is 1. The number of H-pyrrole nitrogens is 1. The standard InChI is InChI=1S/C11H13BrN4O/c12-8-3-5-9(6-4-8)16-11(17)14-10(15-16)2-1-7-13/h3-6H,1-2,7,13H2,(H,14,15,17). The Morgan fingerprint density at radius 1 is 1.35 bits per heavy atom. The Kier molecular flexibility index (Phi) is 3.75. The normalized spacial score (nSPS) is 10.7. The van der Waals surface area contributed by atoms with Crippen molar-refractivity contribution in [3.63, 3.8) is 0 Å². The van der Waals surface area contributed by atoms with Crippen molar-refractivity contribution in [1.82, 2.24) is 14.8 Å². The van der Waals surface area contributed by atoms with Gasteiger partial charge in [-0.2, -0.15) is 9.78 Å². The predicted molar refractivity (Wildman–Crippen MR) is 69.3 cm³/mol. The van der Waals surface area contributed by atoms with Crippen molar-refractivity contribution in [2.45, 2.75) is 12.8 Å². The van der Waals surface area contributed by atoms with E-state index in [9.17, 15) is 4.79 Å². The van der Waals surface area contributed by atoms with Gasteiger partial charge in [-0.05, 0) is 37.2 Å². The lowest BCUT2D eigenvalue weighted by Crippen LogP contribution is -2.15. The van der Waals surface area contributed by atoms with E-state index < -0.39 is 0 Å². The summed E-state index contributed by atoms with van der Waals surface area (Å²) in [5, 5.41) is 4.22. The van der Waals surface area contributed by atoms with Gasteiger partial charge in [-0.25, -0.2) is 4.79 Å². The Labute approximate surface area is 107 Å². The molecule has 0 radical (unpaired) electrons. The van der Waals surface area contributed by atoms with Crippen LogP contribution in [-0.4, -0.2) is 21.3 Å². The van der Waals surface area contributed by atoms with Gasteiger partial charge in [0.25, 0.3) is 0 Å². The summed E-state index contributed by atoms with van der Waals surface area (Å²) in [7, 11) is 0. The Hall–Kier alpha value is -1.40. The maximum atomic E-state index is 11.7. The van der Waals surface area contributed by atoms with Crippen LogP contribution in [0.3, 0.4) is 0 Å². The lowest BCUT2D eigenvalue weighted by atomic mass is 10.3. The van der Waals surface area contributed by atoms with Crippen LogP contribution in [-0.2, 0) is 6.42 Å². The van der Waals surface area contributed by atoms with Crippen molar-refractivity contribution in [2.75, 3.05) is 6.54 Å². The molecule has 1 aromatic carbocycles. The van der Waals surface area contributed by atoms with Gasteiger partial charge in [0.15, 0.2) is 0 Å². The molecule has 0 bridgehead atoms. The van der Waals surface area contributed by atoms with E-state index in [0.29, 0.717) is 18.8 Å². The lowest BCUT2D eigenvalue weighted by Gasteiger charge is -1.98. The molecule has 2 aromatic rings. The third-order valence-electron chi connectivity index (χ3n) is 2.35. The predicted octanol–water partition coefficient (Wildman–Crippen LogP) is 1.21. The monoisotopic (exact) mass is 296 g/mol. The van der Waals surface area contributed by atoms with Gasteiger partial charge < -0.3 is 5.73 Å². The van der Waals surface area contributed by atoms with Crippen LogP contribution in [0.2, 0.25) is 0 Å². The van der Waals surface area contributed by atoms with Gasteiger partial charge in [0.05, 0.1) is 5.69 Å². The molecule has 0 amide bonds. The molecule has 6 heteroatoms. The van der Waals surface area contributed by atoms with E-state index in [1.54, 1.807) is 0 Å². The van der Waals surface area contributed by atoms with Crippen molar-refractivity contribution in [1.29, 1.82) is 0 Å². The van der Waals surface area contributed by atoms with Crippen molar-refractivity contribution in [2.24, 2.45) is 5.73 Å². The third-order valence-corrected chi connectivity index (χ3v) is 2.88. The highest BCUT2D eigenvalue weighted by atomic mass is 79.9. The zero-order valence-corrected chi connectivity index (χ0v) is 10.8. The van der Waals surface area contributed by atoms with Gasteiger partial charge in [-0.15, -0.1) is 0 Å². The van der Waals surface area contributed by atoms with Gasteiger partial charge in [0, 0.05) is 10.9 Å². The maximum absolute atomic E-state index is 11.7. The largest absolute Gasteiger partial charge is 0.348 e. The van der Waals surface area contributed by atoms with Crippen LogP contribution in [0.1, 0.15) is 12.2 Å². The molecule has 0 aliphatic heterocycles. The number of nitrogens with one attached hydrogen (secondary N) is 1. The molecule has 0 saturated carbocycles. The molecule has 0 saturated heterocycles. The topological polar surface area (TPSA) is 76.7 Å². The summed E-state index contributed by atoms with van der Waals surface area (Å²) in [6.07, 6.45) is 1.50. The van der Waals surface area contributed by atoms with E-state index in [4.69, 9.17) is 5.73 Å². The van der Waals surface area contributed by atoms with Crippen molar-refractivity contribution >= 4 is 15.9 Å². The zero-order chi connectivity index (χ0) is 12.3. The molecular formula is C11H13BrN4O. The van der Waals surface area contributed by atoms with Crippen LogP contribution in [0, 0.1) is 0 Å². The van der Waals surface area contributed by atoms with E-state index in [1.165, 1.54) is 4.68 Å². The fourth-order valence-electron chi connectivity index (χ4n) is 1.51. The van der Waals surface area contributed by atoms with E-state index in [-0.39, 0.29) is 5.69 Å². The van der Waals surface area contributed by atoms with Gasteiger partial charge in [0.2, 0.25) is 0 Å². The molecule has 3 N–H and O–H groups in total. The third kappa shape index (κ3) is 2.83. The molecule has 0 fully saturated rings. The minimum Gasteiger partial charge on any atom is -0.330 e. The Morgan fingerprint density at radius 3 is 2.71 bits per heavy atom. The van der Waals surface area contributed by atoms with E-state index in [1.807, 2.05) is 24.3 Å². The first-order chi connectivity index (χ1) is 8.20. The SMILES string of the molecule is NCCCc1nn(-c2ccc(Br)cc2)c(=O)[nH]1. The fourth-order valence-corrected chi connectivity index (χ4v) is 1.77. The van der Waals surface area contributed by atoms with Crippen molar-refractivity contribution in [3.8, 4) is 5.69 Å². The van der Waals surface area contributed by atoms with Gasteiger partial charge >= 0.3 is 5.69 Å². The summed E-state index contributed by atoms with van der Waals surface area (Å²) in [6, 6.07) is 7.41. The van der Waals surface area contributed by atoms with Gasteiger partial charge in [0.1, 0.15) is 5.82 Å². The minimum absolute atomic E-state index is 0.223. The van der Waals surface area contributed by atoms with Crippen LogP contribution in [0.25, 0.3) is 5.69 Å². The second-order valence-electron chi connectivity index (χ2n) is 3.66. The van der Waals surface area contributed by atoms with Gasteiger partial charge in [-0.1, -0.05) is 15.9 Å². The van der Waals surface area contributed by atoms with Crippen LogP contribution in [0.15, 0.2) is 33.5 Å². The molecule has 5 nitrogen and oxygen atoms in total. The summed E-state index contributed by atoms with van der Waals surface area (Å²) in [4.78, 5) is 14.4. The number of halogens is 1. The Bertz CT molecular complexity index is 543. The first-order valence-corrected chi connectivity index (χ1v) is 6.14. The number of aromatic nitrogens is 3. The summed E-state index contributed by atoms with van der Waals surface area (Å²) in [5.41, 5.74) is 5.94. The van der Waals surface area contributed by atoms with E-state index in [2.05, 4.69) is 26.0 Å².